The van der Waals surface area contributed by atoms with Crippen molar-refractivity contribution >= 4 is 0 Å². The summed E-state index contributed by atoms with van der Waals surface area (Å²) in [6.07, 6.45) is -5.93. The molecule has 0 saturated carbocycles. The van der Waals surface area contributed by atoms with Crippen LogP contribution >= 0.6 is 0 Å². The number of fused-ring (bicyclic) bond motifs is 1. The van der Waals surface area contributed by atoms with Crippen molar-refractivity contribution in [3.05, 3.63) is 35.9 Å². The zero-order valence-corrected chi connectivity index (χ0v) is 10.1. The lowest BCUT2D eigenvalue weighted by atomic mass is 9.98. The van der Waals surface area contributed by atoms with Gasteiger partial charge in [0.2, 0.25) is 0 Å². The van der Waals surface area contributed by atoms with Crippen LogP contribution in [0.3, 0.4) is 0 Å². The van der Waals surface area contributed by atoms with E-state index in [-0.39, 0.29) is 6.61 Å². The van der Waals surface area contributed by atoms with E-state index < -0.39 is 37.0 Å². The minimum absolute atomic E-state index is 0.186. The molecule has 1 aromatic carbocycles. The largest absolute Gasteiger partial charge is 0.387 e. The number of hydrogen-bond acceptors (Lipinski definition) is 6. The van der Waals surface area contributed by atoms with Crippen molar-refractivity contribution in [3.63, 3.8) is 0 Å². The molecule has 19 heavy (non-hydrogen) atoms. The van der Waals surface area contributed by atoms with Crippen LogP contribution in [-0.4, -0.2) is 52.6 Å². The maximum Gasteiger partial charge on any atom is 0.184 e. The number of ether oxygens (including phenoxy) is 3. The van der Waals surface area contributed by atoms with Gasteiger partial charge < -0.3 is 29.5 Å². The van der Waals surface area contributed by atoms with Crippen molar-refractivity contribution in [2.45, 2.75) is 37.0 Å². The van der Waals surface area contributed by atoms with Gasteiger partial charge in [-0.3, -0.25) is 0 Å². The minimum Gasteiger partial charge on any atom is -0.387 e. The Morgan fingerprint density at radius 2 is 1.68 bits per heavy atom. The van der Waals surface area contributed by atoms with E-state index in [9.17, 15) is 15.3 Å². The summed E-state index contributed by atoms with van der Waals surface area (Å²) in [6.45, 7) is 0.186. The second kappa shape index (κ2) is 5.16. The summed E-state index contributed by atoms with van der Waals surface area (Å²) in [6, 6.07) is 9.31. The maximum atomic E-state index is 9.94. The highest BCUT2D eigenvalue weighted by Gasteiger charge is 2.48. The van der Waals surface area contributed by atoms with E-state index in [1.807, 2.05) is 30.3 Å². The van der Waals surface area contributed by atoms with Crippen LogP contribution in [-0.2, 0) is 14.2 Å². The first-order valence-corrected chi connectivity index (χ1v) is 6.18. The molecule has 3 N–H and O–H groups in total. The number of rotatable bonds is 1. The van der Waals surface area contributed by atoms with Crippen LogP contribution in [0.25, 0.3) is 0 Å². The van der Waals surface area contributed by atoms with Gasteiger partial charge in [-0.2, -0.15) is 0 Å². The first-order valence-electron chi connectivity index (χ1n) is 6.18. The summed E-state index contributed by atoms with van der Waals surface area (Å²) < 4.78 is 16.3. The van der Waals surface area contributed by atoms with Crippen LogP contribution < -0.4 is 0 Å². The number of aliphatic hydroxyl groups is 3. The minimum atomic E-state index is -1.42. The molecule has 2 fully saturated rings. The van der Waals surface area contributed by atoms with Crippen molar-refractivity contribution in [3.8, 4) is 0 Å². The Bertz CT molecular complexity index is 422. The average Bonchev–Trinajstić information content (AvgIpc) is 2.46. The highest BCUT2D eigenvalue weighted by Crippen LogP contribution is 2.33. The summed E-state index contributed by atoms with van der Waals surface area (Å²) in [5.74, 6) is 0. The first-order chi connectivity index (χ1) is 9.16. The lowest BCUT2D eigenvalue weighted by Crippen LogP contribution is -2.61. The van der Waals surface area contributed by atoms with Crippen molar-refractivity contribution < 1.29 is 29.5 Å². The molecule has 1 aromatic rings. The van der Waals surface area contributed by atoms with E-state index in [4.69, 9.17) is 14.2 Å². The fraction of sp³-hybridized carbons (Fsp3) is 0.538. The van der Waals surface area contributed by atoms with E-state index in [0.717, 1.165) is 5.56 Å². The number of benzene rings is 1. The third kappa shape index (κ3) is 2.38. The van der Waals surface area contributed by atoms with Crippen molar-refractivity contribution in [1.29, 1.82) is 0 Å². The SMILES string of the molecule is OC1OC2COC(c3ccccc3)O[C@@H]2[C@H](O)C1O. The van der Waals surface area contributed by atoms with Crippen LogP contribution in [0.5, 0.6) is 0 Å². The summed E-state index contributed by atoms with van der Waals surface area (Å²) in [5, 5.41) is 29.0. The Balaban J connectivity index is 1.75. The van der Waals surface area contributed by atoms with Crippen LogP contribution in [0, 0.1) is 0 Å². The smallest absolute Gasteiger partial charge is 0.184 e. The molecule has 2 aliphatic heterocycles. The van der Waals surface area contributed by atoms with Gasteiger partial charge in [-0.05, 0) is 0 Å². The Kier molecular flexibility index (Phi) is 3.53. The quantitative estimate of drug-likeness (QED) is 0.639. The molecule has 6 heteroatoms. The molecule has 0 bridgehead atoms. The van der Waals surface area contributed by atoms with Gasteiger partial charge in [0, 0.05) is 5.56 Å². The molecule has 6 nitrogen and oxygen atoms in total. The highest BCUT2D eigenvalue weighted by atomic mass is 16.7. The van der Waals surface area contributed by atoms with Crippen LogP contribution in [0.15, 0.2) is 30.3 Å². The first kappa shape index (κ1) is 13.0. The monoisotopic (exact) mass is 268 g/mol. The maximum absolute atomic E-state index is 9.94. The van der Waals surface area contributed by atoms with Crippen molar-refractivity contribution in [2.75, 3.05) is 6.61 Å². The molecule has 0 amide bonds. The second-order valence-electron chi connectivity index (χ2n) is 4.72. The van der Waals surface area contributed by atoms with E-state index in [1.165, 1.54) is 0 Å². The van der Waals surface area contributed by atoms with Gasteiger partial charge in [0.25, 0.3) is 0 Å². The van der Waals surface area contributed by atoms with Gasteiger partial charge in [0.15, 0.2) is 12.6 Å². The van der Waals surface area contributed by atoms with Crippen LogP contribution in [0.4, 0.5) is 0 Å². The van der Waals surface area contributed by atoms with E-state index in [0.29, 0.717) is 0 Å². The van der Waals surface area contributed by atoms with Gasteiger partial charge in [-0.15, -0.1) is 0 Å². The third-order valence-electron chi connectivity index (χ3n) is 3.42. The van der Waals surface area contributed by atoms with Crippen LogP contribution in [0.1, 0.15) is 11.9 Å². The molecule has 6 atom stereocenters. The Morgan fingerprint density at radius 1 is 0.947 bits per heavy atom. The summed E-state index contributed by atoms with van der Waals surface area (Å²) in [5.41, 5.74) is 0.828. The van der Waals surface area contributed by atoms with E-state index in [1.54, 1.807) is 0 Å². The fourth-order valence-corrected chi connectivity index (χ4v) is 2.37. The fourth-order valence-electron chi connectivity index (χ4n) is 2.37. The Morgan fingerprint density at radius 3 is 2.42 bits per heavy atom. The normalized spacial score (nSPS) is 42.7. The molecule has 3 rings (SSSR count). The van der Waals surface area contributed by atoms with Crippen molar-refractivity contribution in [2.24, 2.45) is 0 Å². The summed E-state index contributed by atoms with van der Waals surface area (Å²) in [4.78, 5) is 0. The summed E-state index contributed by atoms with van der Waals surface area (Å²) in [7, 11) is 0. The number of hydrogen-bond donors (Lipinski definition) is 3. The molecule has 104 valence electrons. The van der Waals surface area contributed by atoms with Crippen molar-refractivity contribution in [1.82, 2.24) is 0 Å². The topological polar surface area (TPSA) is 88.4 Å². The molecule has 0 radical (unpaired) electrons. The standard InChI is InChI=1S/C13H16O6/c14-9-10(15)12(16)18-8-6-17-13(19-11(8)9)7-4-2-1-3-5-7/h1-5,8-16H,6H2/t8?,9-,10?,11+,12?,13?/m1/s1. The zero-order valence-electron chi connectivity index (χ0n) is 10.1. The van der Waals surface area contributed by atoms with Gasteiger partial charge in [-0.25, -0.2) is 0 Å². The average molecular weight is 268 g/mol. The molecule has 2 heterocycles. The molecule has 4 unspecified atom stereocenters. The third-order valence-corrected chi connectivity index (χ3v) is 3.42. The zero-order chi connectivity index (χ0) is 13.4. The lowest BCUT2D eigenvalue weighted by Gasteiger charge is -2.45. The molecule has 0 aromatic heterocycles. The van der Waals surface area contributed by atoms with Gasteiger partial charge in [-0.1, -0.05) is 30.3 Å². The Hall–Kier alpha value is -1.02. The Labute approximate surface area is 110 Å². The van der Waals surface area contributed by atoms with Gasteiger partial charge >= 0.3 is 0 Å². The predicted molar refractivity (Wildman–Crippen MR) is 62.9 cm³/mol. The predicted octanol–water partition coefficient (Wildman–Crippen LogP) is -0.460. The highest BCUT2D eigenvalue weighted by molar-refractivity contribution is 5.16. The lowest BCUT2D eigenvalue weighted by molar-refractivity contribution is -0.354. The summed E-state index contributed by atoms with van der Waals surface area (Å²) >= 11 is 0. The molecule has 0 aliphatic carbocycles. The number of aliphatic hydroxyl groups excluding tert-OH is 3. The molecular formula is C13H16O6. The molecule has 2 saturated heterocycles. The second-order valence-corrected chi connectivity index (χ2v) is 4.72. The molecular weight excluding hydrogens is 252 g/mol. The van der Waals surface area contributed by atoms with Gasteiger partial charge in [0.1, 0.15) is 24.4 Å². The van der Waals surface area contributed by atoms with E-state index >= 15 is 0 Å². The van der Waals surface area contributed by atoms with Gasteiger partial charge in [0.05, 0.1) is 6.61 Å². The molecule has 0 spiro atoms. The van der Waals surface area contributed by atoms with E-state index in [2.05, 4.69) is 0 Å². The molecule has 2 aliphatic rings. The van der Waals surface area contributed by atoms with Crippen LogP contribution in [0.2, 0.25) is 0 Å².